The van der Waals surface area contributed by atoms with Crippen LogP contribution in [0.25, 0.3) is 0 Å². The van der Waals surface area contributed by atoms with Gasteiger partial charge in [-0.25, -0.2) is 4.79 Å². The smallest absolute Gasteiger partial charge is 0.335 e. The van der Waals surface area contributed by atoms with Gasteiger partial charge in [-0.1, -0.05) is 57.8 Å². The van der Waals surface area contributed by atoms with Crippen molar-refractivity contribution < 1.29 is 24.9 Å². The number of hydrogen-bond donors (Lipinski definition) is 3. The van der Waals surface area contributed by atoms with Gasteiger partial charge in [0.2, 0.25) is 0 Å². The molecule has 0 spiro atoms. The third-order valence-corrected chi connectivity index (χ3v) is 4.43. The van der Waals surface area contributed by atoms with E-state index in [2.05, 4.69) is 13.5 Å². The van der Waals surface area contributed by atoms with E-state index in [1.165, 1.54) is 12.5 Å². The molecule has 5 nitrogen and oxygen atoms in total. The normalized spacial score (nSPS) is 14.1. The zero-order valence-corrected chi connectivity index (χ0v) is 15.5. The molecule has 0 saturated carbocycles. The topological polar surface area (TPSA) is 94.8 Å². The van der Waals surface area contributed by atoms with Gasteiger partial charge >= 0.3 is 11.9 Å². The van der Waals surface area contributed by atoms with Crippen LogP contribution in [0.5, 0.6) is 0 Å². The standard InChI is InChI=1S/C20H34O5/c1-3-5-6-10-13-18(21)15-14-17(20(24)25)12-9-7-8-11-16(4-2)19(22)23/h4,11,17-18,21H,2-3,5-10,12-15H2,1H3,(H,22,23)(H,24,25)/b16-11-. The molecule has 3 N–H and O–H groups in total. The van der Waals surface area contributed by atoms with Crippen molar-refractivity contribution in [1.82, 2.24) is 0 Å². The highest BCUT2D eigenvalue weighted by atomic mass is 16.4. The molecule has 0 aromatic rings. The van der Waals surface area contributed by atoms with Gasteiger partial charge in [0.25, 0.3) is 0 Å². The fourth-order valence-corrected chi connectivity index (χ4v) is 2.79. The fraction of sp³-hybridized carbons (Fsp3) is 0.700. The quantitative estimate of drug-likeness (QED) is 0.215. The van der Waals surface area contributed by atoms with Gasteiger partial charge in [0.1, 0.15) is 0 Å². The molecule has 0 radical (unpaired) electrons. The number of carboxylic acid groups (broad SMARTS) is 2. The van der Waals surface area contributed by atoms with E-state index in [0.717, 1.165) is 38.5 Å². The van der Waals surface area contributed by atoms with E-state index in [9.17, 15) is 19.8 Å². The summed E-state index contributed by atoms with van der Waals surface area (Å²) in [6.45, 7) is 5.60. The molecular formula is C20H34O5. The van der Waals surface area contributed by atoms with Crippen LogP contribution in [0.15, 0.2) is 24.3 Å². The molecule has 0 bridgehead atoms. The van der Waals surface area contributed by atoms with Gasteiger partial charge in [-0.2, -0.15) is 0 Å². The van der Waals surface area contributed by atoms with Gasteiger partial charge < -0.3 is 15.3 Å². The van der Waals surface area contributed by atoms with E-state index < -0.39 is 24.0 Å². The average Bonchev–Trinajstić information content (AvgIpc) is 2.56. The van der Waals surface area contributed by atoms with Crippen molar-refractivity contribution in [3.63, 3.8) is 0 Å². The second kappa shape index (κ2) is 14.7. The van der Waals surface area contributed by atoms with Crippen molar-refractivity contribution in [2.45, 2.75) is 83.7 Å². The van der Waals surface area contributed by atoms with Crippen molar-refractivity contribution in [3.8, 4) is 0 Å². The molecule has 0 saturated heterocycles. The van der Waals surface area contributed by atoms with Crippen molar-refractivity contribution in [3.05, 3.63) is 24.3 Å². The molecule has 0 aliphatic rings. The summed E-state index contributed by atoms with van der Waals surface area (Å²) in [5.74, 6) is -2.25. The Morgan fingerprint density at radius 1 is 0.960 bits per heavy atom. The zero-order valence-electron chi connectivity index (χ0n) is 15.5. The molecule has 0 fully saturated rings. The molecule has 0 heterocycles. The van der Waals surface area contributed by atoms with Crippen LogP contribution in [0.2, 0.25) is 0 Å². The minimum absolute atomic E-state index is 0.181. The Hall–Kier alpha value is -1.62. The molecule has 2 unspecified atom stereocenters. The first-order valence-electron chi connectivity index (χ1n) is 9.39. The minimum atomic E-state index is -0.994. The molecule has 0 rings (SSSR count). The molecule has 25 heavy (non-hydrogen) atoms. The van der Waals surface area contributed by atoms with E-state index in [0.29, 0.717) is 25.7 Å². The summed E-state index contributed by atoms with van der Waals surface area (Å²) in [6.07, 6.45) is 11.4. The van der Waals surface area contributed by atoms with Crippen molar-refractivity contribution >= 4 is 11.9 Å². The van der Waals surface area contributed by atoms with Crippen molar-refractivity contribution in [2.75, 3.05) is 0 Å². The first kappa shape index (κ1) is 23.4. The van der Waals surface area contributed by atoms with Crippen LogP contribution in [0.1, 0.15) is 77.6 Å². The number of aliphatic hydroxyl groups is 1. The molecule has 2 atom stereocenters. The summed E-state index contributed by atoms with van der Waals surface area (Å²) in [5, 5.41) is 28.1. The predicted molar refractivity (Wildman–Crippen MR) is 99.5 cm³/mol. The Morgan fingerprint density at radius 2 is 1.64 bits per heavy atom. The highest BCUT2D eigenvalue weighted by molar-refractivity contribution is 5.89. The molecule has 0 aromatic heterocycles. The molecule has 0 aliphatic heterocycles. The maximum Gasteiger partial charge on any atom is 0.335 e. The zero-order chi connectivity index (χ0) is 19.1. The van der Waals surface area contributed by atoms with Crippen LogP contribution in [0, 0.1) is 5.92 Å². The lowest BCUT2D eigenvalue weighted by Crippen LogP contribution is -2.17. The summed E-state index contributed by atoms with van der Waals surface area (Å²) >= 11 is 0. The molecule has 5 heteroatoms. The van der Waals surface area contributed by atoms with Gasteiger partial charge in [0.05, 0.1) is 17.6 Å². The van der Waals surface area contributed by atoms with E-state index in [1.54, 1.807) is 6.08 Å². The molecule has 0 aromatic carbocycles. The molecule has 144 valence electrons. The van der Waals surface area contributed by atoms with Gasteiger partial charge in [0.15, 0.2) is 0 Å². The first-order valence-corrected chi connectivity index (χ1v) is 9.39. The number of unbranched alkanes of at least 4 members (excludes halogenated alkanes) is 5. The Kier molecular flexibility index (Phi) is 13.7. The second-order valence-corrected chi connectivity index (χ2v) is 6.57. The Balaban J connectivity index is 4.04. The number of carbonyl (C=O) groups is 2. The van der Waals surface area contributed by atoms with Gasteiger partial charge in [-0.15, -0.1) is 0 Å². The van der Waals surface area contributed by atoms with Crippen LogP contribution in [-0.2, 0) is 9.59 Å². The summed E-state index contributed by atoms with van der Waals surface area (Å²) in [4.78, 5) is 22.1. The molecular weight excluding hydrogens is 320 g/mol. The van der Waals surface area contributed by atoms with Gasteiger partial charge in [-0.05, 0) is 38.5 Å². The van der Waals surface area contributed by atoms with Gasteiger partial charge in [-0.3, -0.25) is 4.79 Å². The van der Waals surface area contributed by atoms with Crippen molar-refractivity contribution in [2.24, 2.45) is 5.92 Å². The predicted octanol–water partition coefficient (Wildman–Crippen LogP) is 4.56. The maximum atomic E-state index is 11.3. The summed E-state index contributed by atoms with van der Waals surface area (Å²) < 4.78 is 0. The van der Waals surface area contributed by atoms with Crippen molar-refractivity contribution in [1.29, 1.82) is 0 Å². The molecule has 0 aliphatic carbocycles. The Morgan fingerprint density at radius 3 is 2.20 bits per heavy atom. The lowest BCUT2D eigenvalue weighted by Gasteiger charge is -2.15. The lowest BCUT2D eigenvalue weighted by molar-refractivity contribution is -0.142. The summed E-state index contributed by atoms with van der Waals surface area (Å²) in [6, 6.07) is 0. The third kappa shape index (κ3) is 12.4. The van der Waals surface area contributed by atoms with E-state index >= 15 is 0 Å². The fourth-order valence-electron chi connectivity index (χ4n) is 2.79. The van der Waals surface area contributed by atoms with E-state index in [-0.39, 0.29) is 5.57 Å². The second-order valence-electron chi connectivity index (χ2n) is 6.57. The average molecular weight is 354 g/mol. The highest BCUT2D eigenvalue weighted by Gasteiger charge is 2.18. The largest absolute Gasteiger partial charge is 0.481 e. The molecule has 0 amide bonds. The summed E-state index contributed by atoms with van der Waals surface area (Å²) in [7, 11) is 0. The number of aliphatic carboxylic acids is 2. The van der Waals surface area contributed by atoms with Crippen LogP contribution in [-0.4, -0.2) is 33.4 Å². The van der Waals surface area contributed by atoms with Crippen LogP contribution < -0.4 is 0 Å². The van der Waals surface area contributed by atoms with Crippen LogP contribution in [0.3, 0.4) is 0 Å². The lowest BCUT2D eigenvalue weighted by atomic mass is 9.93. The SMILES string of the molecule is C=C/C(=C/CCCCC(CCC(O)CCCCCC)C(=O)O)C(=O)O. The Labute approximate surface area is 151 Å². The number of aliphatic hydroxyl groups excluding tert-OH is 1. The minimum Gasteiger partial charge on any atom is -0.481 e. The number of carboxylic acids is 2. The first-order chi connectivity index (χ1) is 11.9. The maximum absolute atomic E-state index is 11.3. The number of hydrogen-bond acceptors (Lipinski definition) is 3. The summed E-state index contributed by atoms with van der Waals surface area (Å²) in [5.41, 5.74) is 0.181. The monoisotopic (exact) mass is 354 g/mol. The highest BCUT2D eigenvalue weighted by Crippen LogP contribution is 2.19. The number of allylic oxidation sites excluding steroid dienone is 1. The third-order valence-electron chi connectivity index (χ3n) is 4.43. The van der Waals surface area contributed by atoms with Crippen LogP contribution >= 0.6 is 0 Å². The number of rotatable bonds is 16. The van der Waals surface area contributed by atoms with E-state index in [1.807, 2.05) is 0 Å². The van der Waals surface area contributed by atoms with E-state index in [4.69, 9.17) is 5.11 Å². The van der Waals surface area contributed by atoms with Gasteiger partial charge in [0, 0.05) is 0 Å². The van der Waals surface area contributed by atoms with Crippen LogP contribution in [0.4, 0.5) is 0 Å². The Bertz CT molecular complexity index is 428.